The van der Waals surface area contributed by atoms with Gasteiger partial charge in [-0.25, -0.2) is 27.0 Å². The summed E-state index contributed by atoms with van der Waals surface area (Å²) in [6.07, 6.45) is 1.48. The Bertz CT molecular complexity index is 850. The van der Waals surface area contributed by atoms with Crippen molar-refractivity contribution in [2.24, 2.45) is 5.14 Å². The lowest BCUT2D eigenvalue weighted by Crippen LogP contribution is -2.19. The lowest BCUT2D eigenvalue weighted by atomic mass is 10.3. The molecule has 0 fully saturated rings. The van der Waals surface area contributed by atoms with Gasteiger partial charge in [0.2, 0.25) is 0 Å². The van der Waals surface area contributed by atoms with Crippen molar-refractivity contribution in [1.82, 2.24) is 9.38 Å². The van der Waals surface area contributed by atoms with Gasteiger partial charge in [-0.3, -0.25) is 4.40 Å². The summed E-state index contributed by atoms with van der Waals surface area (Å²) in [5.74, 6) is -0.252. The molecule has 2 aromatic heterocycles. The Labute approximate surface area is 111 Å². The fourth-order valence-electron chi connectivity index (χ4n) is 1.71. The molecule has 2 aromatic rings. The smallest absolute Gasteiger partial charge is 0.257 e. The topological polar surface area (TPSA) is 112 Å². The van der Waals surface area contributed by atoms with Crippen molar-refractivity contribution in [3.63, 3.8) is 0 Å². The van der Waals surface area contributed by atoms with E-state index in [0.29, 0.717) is 0 Å². The number of nitrogens with zero attached hydrogens (tertiary/aromatic N) is 2. The van der Waals surface area contributed by atoms with Crippen LogP contribution in [0.5, 0.6) is 0 Å². The molecule has 0 aliphatic carbocycles. The number of sulfone groups is 1. The van der Waals surface area contributed by atoms with E-state index in [4.69, 9.17) is 5.14 Å². The highest BCUT2D eigenvalue weighted by atomic mass is 32.2. The predicted octanol–water partition coefficient (Wildman–Crippen LogP) is 0.0837. The van der Waals surface area contributed by atoms with Gasteiger partial charge < -0.3 is 0 Å². The molecule has 2 N–H and O–H groups in total. The molecule has 0 amide bonds. The van der Waals surface area contributed by atoms with Crippen LogP contribution in [-0.2, 0) is 19.9 Å². The summed E-state index contributed by atoms with van der Waals surface area (Å²) in [4.78, 5) is 3.88. The Kier molecular flexibility index (Phi) is 3.15. The van der Waals surface area contributed by atoms with Gasteiger partial charge in [-0.2, -0.15) is 0 Å². The molecule has 0 saturated carbocycles. The molecular weight excluding hydrogens is 290 g/mol. The van der Waals surface area contributed by atoms with Crippen LogP contribution in [0.15, 0.2) is 28.4 Å². The summed E-state index contributed by atoms with van der Waals surface area (Å²) in [6.45, 7) is 3.16. The van der Waals surface area contributed by atoms with Gasteiger partial charge in [0.15, 0.2) is 19.9 Å². The number of aryl methyl sites for hydroxylation is 1. The van der Waals surface area contributed by atoms with Crippen molar-refractivity contribution in [3.05, 3.63) is 23.9 Å². The van der Waals surface area contributed by atoms with Crippen LogP contribution in [0.25, 0.3) is 5.65 Å². The number of nitrogens with two attached hydrogens (primary N) is 1. The molecule has 104 valence electrons. The second-order valence-electron chi connectivity index (χ2n) is 4.11. The van der Waals surface area contributed by atoms with Crippen LogP contribution in [0.2, 0.25) is 0 Å². The molecule has 0 aliphatic rings. The van der Waals surface area contributed by atoms with E-state index in [-0.39, 0.29) is 11.4 Å². The van der Waals surface area contributed by atoms with Crippen LogP contribution in [0.1, 0.15) is 12.5 Å². The third kappa shape index (κ3) is 2.36. The Morgan fingerprint density at radius 3 is 2.42 bits per heavy atom. The van der Waals surface area contributed by atoms with Gasteiger partial charge in [0.05, 0.1) is 5.75 Å². The van der Waals surface area contributed by atoms with Crippen molar-refractivity contribution >= 4 is 25.5 Å². The maximum absolute atomic E-state index is 11.9. The maximum atomic E-state index is 11.9. The second-order valence-corrected chi connectivity index (χ2v) is 7.78. The predicted molar refractivity (Wildman–Crippen MR) is 69.0 cm³/mol. The number of sulfonamides is 1. The van der Waals surface area contributed by atoms with Crippen molar-refractivity contribution in [3.8, 4) is 0 Å². The fourth-order valence-corrected chi connectivity index (χ4v) is 4.02. The minimum absolute atomic E-state index is 0.224. The molecule has 0 atom stereocenters. The summed E-state index contributed by atoms with van der Waals surface area (Å²) in [5.41, 5.74) is 0.983. The Morgan fingerprint density at radius 1 is 1.26 bits per heavy atom. The number of hydrogen-bond acceptors (Lipinski definition) is 5. The lowest BCUT2D eigenvalue weighted by molar-refractivity contribution is 0.576. The maximum Gasteiger partial charge on any atom is 0.257 e. The number of rotatable bonds is 3. The monoisotopic (exact) mass is 303 g/mol. The largest absolute Gasteiger partial charge is 0.288 e. The number of imidazole rings is 1. The first-order chi connectivity index (χ1) is 8.66. The van der Waals surface area contributed by atoms with Crippen molar-refractivity contribution in [2.75, 3.05) is 5.75 Å². The van der Waals surface area contributed by atoms with Crippen molar-refractivity contribution in [1.29, 1.82) is 0 Å². The van der Waals surface area contributed by atoms with E-state index < -0.39 is 29.9 Å². The number of primary sulfonamides is 1. The number of pyridine rings is 1. The van der Waals surface area contributed by atoms with Crippen LogP contribution in [0.3, 0.4) is 0 Å². The summed E-state index contributed by atoms with van der Waals surface area (Å²) in [6, 6.07) is 3.25. The van der Waals surface area contributed by atoms with Crippen molar-refractivity contribution < 1.29 is 16.8 Å². The van der Waals surface area contributed by atoms with E-state index in [2.05, 4.69) is 4.98 Å². The molecule has 0 aliphatic heterocycles. The molecule has 7 nitrogen and oxygen atoms in total. The minimum atomic E-state index is -4.21. The number of hydrogen-bond donors (Lipinski definition) is 1. The number of fused-ring (bicyclic) bond motifs is 1. The first-order valence-electron chi connectivity index (χ1n) is 5.41. The molecule has 9 heteroatoms. The van der Waals surface area contributed by atoms with Crippen LogP contribution < -0.4 is 5.14 Å². The first kappa shape index (κ1) is 14.0. The highest BCUT2D eigenvalue weighted by molar-refractivity contribution is 7.93. The van der Waals surface area contributed by atoms with E-state index in [1.165, 1.54) is 17.5 Å². The summed E-state index contributed by atoms with van der Waals surface area (Å²) < 4.78 is 48.4. The first-order valence-corrected chi connectivity index (χ1v) is 8.61. The average Bonchev–Trinajstić information content (AvgIpc) is 2.67. The SMILES string of the molecule is CCS(=O)(=O)c1nc2ccc(C)cn2c1S(N)(=O)=O. The van der Waals surface area contributed by atoms with Crippen LogP contribution in [-0.4, -0.2) is 32.0 Å². The van der Waals surface area contributed by atoms with Crippen LogP contribution in [0, 0.1) is 6.92 Å². The van der Waals surface area contributed by atoms with Crippen molar-refractivity contribution in [2.45, 2.75) is 23.9 Å². The molecule has 2 rings (SSSR count). The Morgan fingerprint density at radius 2 is 1.89 bits per heavy atom. The quantitative estimate of drug-likeness (QED) is 0.863. The lowest BCUT2D eigenvalue weighted by Gasteiger charge is -2.02. The highest BCUT2D eigenvalue weighted by Gasteiger charge is 2.29. The second kappa shape index (κ2) is 4.29. The van der Waals surface area contributed by atoms with Gasteiger partial charge in [0.25, 0.3) is 10.0 Å². The zero-order valence-electron chi connectivity index (χ0n) is 10.4. The van der Waals surface area contributed by atoms with E-state index in [9.17, 15) is 16.8 Å². The van der Waals surface area contributed by atoms with E-state index >= 15 is 0 Å². The number of aromatic nitrogens is 2. The van der Waals surface area contributed by atoms with Gasteiger partial charge in [-0.1, -0.05) is 13.0 Å². The molecule has 0 radical (unpaired) electrons. The third-order valence-corrected chi connectivity index (χ3v) is 5.33. The minimum Gasteiger partial charge on any atom is -0.288 e. The zero-order chi connectivity index (χ0) is 14.4. The Balaban J connectivity index is 3.02. The van der Waals surface area contributed by atoms with E-state index in [1.807, 2.05) is 0 Å². The van der Waals surface area contributed by atoms with Gasteiger partial charge in [-0.15, -0.1) is 0 Å². The zero-order valence-corrected chi connectivity index (χ0v) is 12.0. The summed E-state index contributed by atoms with van der Waals surface area (Å²) >= 11 is 0. The normalized spacial score (nSPS) is 13.0. The molecule has 0 unspecified atom stereocenters. The van der Waals surface area contributed by atoms with E-state index in [1.54, 1.807) is 19.1 Å². The van der Waals surface area contributed by atoms with Gasteiger partial charge in [0.1, 0.15) is 5.65 Å². The van der Waals surface area contributed by atoms with Crippen LogP contribution in [0.4, 0.5) is 0 Å². The van der Waals surface area contributed by atoms with Gasteiger partial charge in [0, 0.05) is 6.20 Å². The van der Waals surface area contributed by atoms with Gasteiger partial charge >= 0.3 is 0 Å². The molecule has 0 saturated heterocycles. The van der Waals surface area contributed by atoms with Crippen LogP contribution >= 0.6 is 0 Å². The van der Waals surface area contributed by atoms with Gasteiger partial charge in [-0.05, 0) is 18.6 Å². The highest BCUT2D eigenvalue weighted by Crippen LogP contribution is 2.22. The molecule has 19 heavy (non-hydrogen) atoms. The molecule has 0 aromatic carbocycles. The molecule has 0 spiro atoms. The van der Waals surface area contributed by atoms with E-state index in [0.717, 1.165) is 5.56 Å². The molecule has 0 bridgehead atoms. The fraction of sp³-hybridized carbons (Fsp3) is 0.300. The Hall–Kier alpha value is -1.45. The molecule has 2 heterocycles. The third-order valence-electron chi connectivity index (χ3n) is 2.64. The molecular formula is C10H13N3O4S2. The standard InChI is InChI=1S/C10H13N3O4S2/c1-3-18(14,15)9-10(19(11,16)17)13-6-7(2)4-5-8(13)12-9/h4-6H,3H2,1-2H3,(H2,11,16,17). The average molecular weight is 303 g/mol. The summed E-state index contributed by atoms with van der Waals surface area (Å²) in [7, 11) is -7.98. The summed E-state index contributed by atoms with van der Waals surface area (Å²) in [5, 5.41) is 4.13.